The molecule has 2 nitrogen and oxygen atoms in total. The van der Waals surface area contributed by atoms with Crippen LogP contribution in [0.4, 0.5) is 0 Å². The molecular formula is C21H22N2. The van der Waals surface area contributed by atoms with Crippen LogP contribution in [-0.2, 0) is 7.05 Å². The lowest BCUT2D eigenvalue weighted by molar-refractivity contribution is 0.538. The average molecular weight is 302 g/mol. The molecule has 0 bridgehead atoms. The van der Waals surface area contributed by atoms with E-state index in [2.05, 4.69) is 90.8 Å². The van der Waals surface area contributed by atoms with Gasteiger partial charge in [0.2, 0.25) is 0 Å². The molecule has 116 valence electrons. The Hall–Kier alpha value is -2.48. The molecule has 0 spiro atoms. The molecule has 4 aromatic rings. The molecule has 0 aliphatic heterocycles. The van der Waals surface area contributed by atoms with Gasteiger partial charge in [-0.25, -0.2) is 0 Å². The Labute approximate surface area is 137 Å². The van der Waals surface area contributed by atoms with Crippen LogP contribution >= 0.6 is 0 Å². The molecule has 23 heavy (non-hydrogen) atoms. The summed E-state index contributed by atoms with van der Waals surface area (Å²) < 4.78 is 4.66. The van der Waals surface area contributed by atoms with Gasteiger partial charge >= 0.3 is 0 Å². The highest BCUT2D eigenvalue weighted by atomic mass is 15.0. The van der Waals surface area contributed by atoms with E-state index in [1.165, 1.54) is 33.1 Å². The normalized spacial score (nSPS) is 13.0. The summed E-state index contributed by atoms with van der Waals surface area (Å²) in [5.41, 5.74) is 5.17. The number of aryl methyl sites for hydroxylation is 1. The topological polar surface area (TPSA) is 9.86 Å². The minimum absolute atomic E-state index is 0.517. The van der Waals surface area contributed by atoms with E-state index < -0.39 is 0 Å². The van der Waals surface area contributed by atoms with Crippen LogP contribution < -0.4 is 0 Å². The van der Waals surface area contributed by atoms with Gasteiger partial charge in [0.25, 0.3) is 0 Å². The largest absolute Gasteiger partial charge is 0.345 e. The number of nitrogens with zero attached hydrogens (tertiary/aromatic N) is 2. The van der Waals surface area contributed by atoms with Crippen LogP contribution in [-0.4, -0.2) is 9.13 Å². The molecule has 0 amide bonds. The zero-order valence-electron chi connectivity index (χ0n) is 14.0. The highest BCUT2D eigenvalue weighted by Gasteiger charge is 2.12. The monoisotopic (exact) mass is 302 g/mol. The Morgan fingerprint density at radius 1 is 0.913 bits per heavy atom. The molecule has 4 rings (SSSR count). The molecule has 1 unspecified atom stereocenters. The number of rotatable bonds is 3. The van der Waals surface area contributed by atoms with E-state index in [9.17, 15) is 0 Å². The highest BCUT2D eigenvalue weighted by Crippen LogP contribution is 2.33. The molecule has 0 aliphatic rings. The van der Waals surface area contributed by atoms with Gasteiger partial charge in [0, 0.05) is 46.8 Å². The summed E-state index contributed by atoms with van der Waals surface area (Å²) in [6, 6.07) is 20.4. The minimum atomic E-state index is 0.517. The Balaban J connectivity index is 1.97. The molecule has 0 radical (unpaired) electrons. The van der Waals surface area contributed by atoms with Gasteiger partial charge in [-0.05, 0) is 49.2 Å². The van der Waals surface area contributed by atoms with Crippen LogP contribution in [0, 0.1) is 0 Å². The van der Waals surface area contributed by atoms with Crippen molar-refractivity contribution in [3.63, 3.8) is 0 Å². The minimum Gasteiger partial charge on any atom is -0.345 e. The predicted molar refractivity (Wildman–Crippen MR) is 98.9 cm³/mol. The second kappa shape index (κ2) is 5.31. The maximum Gasteiger partial charge on any atom is 0.0489 e. The van der Waals surface area contributed by atoms with E-state index in [1.54, 1.807) is 0 Å². The van der Waals surface area contributed by atoms with Crippen molar-refractivity contribution in [1.82, 2.24) is 9.13 Å². The summed E-state index contributed by atoms with van der Waals surface area (Å²) in [5, 5.41) is 2.66. The summed E-state index contributed by atoms with van der Waals surface area (Å²) in [6.07, 6.45) is 3.33. The van der Waals surface area contributed by atoms with Crippen LogP contribution in [0.1, 0.15) is 26.3 Å². The Morgan fingerprint density at radius 2 is 1.70 bits per heavy atom. The van der Waals surface area contributed by atoms with Crippen molar-refractivity contribution in [2.45, 2.75) is 26.3 Å². The highest BCUT2D eigenvalue weighted by molar-refractivity contribution is 6.09. The second-order valence-electron chi connectivity index (χ2n) is 6.37. The molecule has 2 aromatic heterocycles. The van der Waals surface area contributed by atoms with Crippen LogP contribution in [0.25, 0.3) is 33.1 Å². The number of benzene rings is 2. The maximum atomic E-state index is 2.38. The van der Waals surface area contributed by atoms with Gasteiger partial charge in [0.05, 0.1) is 0 Å². The third kappa shape index (κ3) is 2.09. The molecule has 0 saturated carbocycles. The van der Waals surface area contributed by atoms with Crippen molar-refractivity contribution in [1.29, 1.82) is 0 Å². The standard InChI is InChI=1S/C21H22N2/c1-4-15(2)23-13-7-10-19(23)16-11-12-21-18(14-16)17-8-5-6-9-20(17)22(21)3/h5-15H,4H2,1-3H3. The molecule has 0 N–H and O–H groups in total. The number of hydrogen-bond donors (Lipinski definition) is 0. The quantitative estimate of drug-likeness (QED) is 0.454. The molecule has 2 aromatic carbocycles. The fourth-order valence-electron chi connectivity index (χ4n) is 3.55. The molecule has 0 saturated heterocycles. The van der Waals surface area contributed by atoms with Crippen molar-refractivity contribution < 1.29 is 0 Å². The fraction of sp³-hybridized carbons (Fsp3) is 0.238. The molecule has 0 fully saturated rings. The molecule has 0 aliphatic carbocycles. The first kappa shape index (κ1) is 14.1. The first-order valence-corrected chi connectivity index (χ1v) is 8.35. The average Bonchev–Trinajstić information content (AvgIpc) is 3.19. The number of fused-ring (bicyclic) bond motifs is 3. The molecular weight excluding hydrogens is 280 g/mol. The first-order chi connectivity index (χ1) is 11.2. The summed E-state index contributed by atoms with van der Waals surface area (Å²) in [6.45, 7) is 4.52. The third-order valence-corrected chi connectivity index (χ3v) is 5.05. The smallest absolute Gasteiger partial charge is 0.0489 e. The van der Waals surface area contributed by atoms with Crippen molar-refractivity contribution in [3.8, 4) is 11.3 Å². The van der Waals surface area contributed by atoms with Gasteiger partial charge in [-0.1, -0.05) is 31.2 Å². The van der Waals surface area contributed by atoms with Crippen LogP contribution in [0.5, 0.6) is 0 Å². The van der Waals surface area contributed by atoms with Crippen LogP contribution in [0.15, 0.2) is 60.8 Å². The Morgan fingerprint density at radius 3 is 2.52 bits per heavy atom. The van der Waals surface area contributed by atoms with E-state index >= 15 is 0 Å². The predicted octanol–water partition coefficient (Wildman–Crippen LogP) is 5.77. The van der Waals surface area contributed by atoms with E-state index in [1.807, 2.05) is 0 Å². The van der Waals surface area contributed by atoms with E-state index in [0.717, 1.165) is 6.42 Å². The Kier molecular flexibility index (Phi) is 3.26. The van der Waals surface area contributed by atoms with Crippen molar-refractivity contribution in [2.75, 3.05) is 0 Å². The number of aromatic nitrogens is 2. The Bertz CT molecular complexity index is 988. The van der Waals surface area contributed by atoms with Gasteiger partial charge in [-0.2, -0.15) is 0 Å². The molecule has 2 heterocycles. The lowest BCUT2D eigenvalue weighted by Crippen LogP contribution is -2.03. The zero-order chi connectivity index (χ0) is 16.0. The van der Waals surface area contributed by atoms with Gasteiger partial charge in [-0.15, -0.1) is 0 Å². The van der Waals surface area contributed by atoms with E-state index in [0.29, 0.717) is 6.04 Å². The first-order valence-electron chi connectivity index (χ1n) is 8.35. The summed E-state index contributed by atoms with van der Waals surface area (Å²) in [5.74, 6) is 0. The zero-order valence-corrected chi connectivity index (χ0v) is 14.0. The molecule has 1 atom stereocenters. The van der Waals surface area contributed by atoms with Crippen molar-refractivity contribution in [2.24, 2.45) is 7.05 Å². The van der Waals surface area contributed by atoms with Crippen molar-refractivity contribution in [3.05, 3.63) is 60.8 Å². The SMILES string of the molecule is CCC(C)n1cccc1-c1ccc2c(c1)c1ccccc1n2C. The lowest BCUT2D eigenvalue weighted by atomic mass is 10.1. The maximum absolute atomic E-state index is 2.38. The third-order valence-electron chi connectivity index (χ3n) is 5.05. The van der Waals surface area contributed by atoms with Crippen molar-refractivity contribution >= 4 is 21.8 Å². The second-order valence-corrected chi connectivity index (χ2v) is 6.37. The van der Waals surface area contributed by atoms with Gasteiger partial charge in [-0.3, -0.25) is 0 Å². The van der Waals surface area contributed by atoms with Gasteiger partial charge < -0.3 is 9.13 Å². The number of hydrogen-bond acceptors (Lipinski definition) is 0. The van der Waals surface area contributed by atoms with E-state index in [-0.39, 0.29) is 0 Å². The van der Waals surface area contributed by atoms with Gasteiger partial charge in [0.1, 0.15) is 0 Å². The molecule has 2 heteroatoms. The van der Waals surface area contributed by atoms with Crippen LogP contribution in [0.3, 0.4) is 0 Å². The lowest BCUT2D eigenvalue weighted by Gasteiger charge is -2.16. The van der Waals surface area contributed by atoms with E-state index in [4.69, 9.17) is 0 Å². The van der Waals surface area contributed by atoms with Crippen LogP contribution in [0.2, 0.25) is 0 Å². The number of para-hydroxylation sites is 1. The summed E-state index contributed by atoms with van der Waals surface area (Å²) in [7, 11) is 2.15. The fourth-order valence-corrected chi connectivity index (χ4v) is 3.55. The summed E-state index contributed by atoms with van der Waals surface area (Å²) in [4.78, 5) is 0. The van der Waals surface area contributed by atoms with Gasteiger partial charge in [0.15, 0.2) is 0 Å². The summed E-state index contributed by atoms with van der Waals surface area (Å²) >= 11 is 0.